The number of quaternary nitrogens is 1. The molecule has 0 spiro atoms. The molecule has 158 valence electrons. The molecule has 0 N–H and O–H groups in total. The number of hydrogen-bond donors (Lipinski definition) is 0. The van der Waals surface area contributed by atoms with Crippen molar-refractivity contribution in [1.82, 2.24) is 0 Å². The fourth-order valence-corrected chi connectivity index (χ4v) is 5.93. The molecule has 2 atom stereocenters. The summed E-state index contributed by atoms with van der Waals surface area (Å²) in [6.45, 7) is 7.03. The van der Waals surface area contributed by atoms with Gasteiger partial charge in [-0.05, 0) is 105 Å². The molecule has 5 rings (SSSR count). The predicted molar refractivity (Wildman–Crippen MR) is 136 cm³/mol. The first-order chi connectivity index (χ1) is 14.2. The minimum Gasteiger partial charge on any atom is -0.321 e. The van der Waals surface area contributed by atoms with Gasteiger partial charge in [0.2, 0.25) is 0 Å². The van der Waals surface area contributed by atoms with Crippen molar-refractivity contribution in [3.63, 3.8) is 0 Å². The molecule has 30 heavy (non-hydrogen) atoms. The molecule has 5 heteroatoms. The Morgan fingerprint density at radius 3 is 2.57 bits per heavy atom. The maximum Gasteiger partial charge on any atom is 0.105 e. The Hall–Kier alpha value is -1.05. The third-order valence-electron chi connectivity index (χ3n) is 6.95. The van der Waals surface area contributed by atoms with Crippen molar-refractivity contribution in [2.24, 2.45) is 27.5 Å². The van der Waals surface area contributed by atoms with Gasteiger partial charge in [0, 0.05) is 13.6 Å². The molecule has 2 unspecified atom stereocenters. The molecule has 2 aromatic rings. The summed E-state index contributed by atoms with van der Waals surface area (Å²) in [4.78, 5) is 0. The topological polar surface area (TPSA) is 24.7 Å². The summed E-state index contributed by atoms with van der Waals surface area (Å²) >= 11 is 5.98. The summed E-state index contributed by atoms with van der Waals surface area (Å²) < 4.78 is 3.21. The van der Waals surface area contributed by atoms with Crippen LogP contribution in [0.4, 0.5) is 11.4 Å². The highest BCUT2D eigenvalue weighted by Gasteiger charge is 2.52. The molecule has 3 nitrogen and oxygen atoms in total. The number of likely N-dealkylation sites (N-methyl/N-ethyl adjacent to an activating group) is 1. The smallest absolute Gasteiger partial charge is 0.105 e. The van der Waals surface area contributed by atoms with Crippen LogP contribution in [0.1, 0.15) is 32.3 Å². The van der Waals surface area contributed by atoms with E-state index in [2.05, 4.69) is 94.9 Å². The molecular formula is C25H30BrIN3+. The van der Waals surface area contributed by atoms with Gasteiger partial charge >= 0.3 is 0 Å². The third-order valence-corrected chi connectivity index (χ3v) is 8.67. The fourth-order valence-electron chi connectivity index (χ4n) is 5.06. The second-order valence-corrected chi connectivity index (χ2v) is 12.0. The maximum atomic E-state index is 4.50. The van der Waals surface area contributed by atoms with Crippen molar-refractivity contribution in [3.05, 3.63) is 67.7 Å². The number of benzene rings is 2. The van der Waals surface area contributed by atoms with E-state index in [0.29, 0.717) is 5.41 Å². The molecule has 0 aromatic heterocycles. The molecule has 2 bridgehead atoms. The van der Waals surface area contributed by atoms with Crippen LogP contribution in [0, 0.1) is 20.8 Å². The van der Waals surface area contributed by atoms with Crippen LogP contribution in [0.15, 0.2) is 68.8 Å². The summed E-state index contributed by atoms with van der Waals surface area (Å²) in [5.41, 5.74) is 5.25. The van der Waals surface area contributed by atoms with Gasteiger partial charge < -0.3 is 4.48 Å². The van der Waals surface area contributed by atoms with E-state index >= 15 is 0 Å². The Morgan fingerprint density at radius 2 is 1.87 bits per heavy atom. The quantitative estimate of drug-likeness (QED) is 0.143. The minimum absolute atomic E-state index is 0.491. The predicted octanol–water partition coefficient (Wildman–Crippen LogP) is 8.04. The number of allylic oxidation sites excluding steroid dienone is 1. The highest BCUT2D eigenvalue weighted by molar-refractivity contribution is 14.1. The third kappa shape index (κ3) is 4.58. The Bertz CT molecular complexity index is 1010. The van der Waals surface area contributed by atoms with Gasteiger partial charge in [0.15, 0.2) is 0 Å². The van der Waals surface area contributed by atoms with Crippen LogP contribution in [0.5, 0.6) is 0 Å². The first-order valence-electron chi connectivity index (χ1n) is 10.6. The number of fused-ring (bicyclic) bond motifs is 1. The van der Waals surface area contributed by atoms with Crippen LogP contribution in [0.25, 0.3) is 0 Å². The molecule has 1 saturated carbocycles. The molecule has 0 aliphatic heterocycles. The molecule has 2 aromatic carbocycles. The molecule has 0 saturated heterocycles. The monoisotopic (exact) mass is 578 g/mol. The molecule has 0 radical (unpaired) electrons. The van der Waals surface area contributed by atoms with Crippen LogP contribution in [-0.2, 0) is 6.54 Å². The van der Waals surface area contributed by atoms with Gasteiger partial charge in [0.1, 0.15) is 13.1 Å². The largest absolute Gasteiger partial charge is 0.321 e. The normalized spacial score (nSPS) is 22.7. The zero-order chi connectivity index (χ0) is 21.5. The van der Waals surface area contributed by atoms with E-state index in [-0.39, 0.29) is 0 Å². The lowest BCUT2D eigenvalue weighted by Crippen LogP contribution is -2.52. The summed E-state index contributed by atoms with van der Waals surface area (Å²) in [6, 6.07) is 14.3. The van der Waals surface area contributed by atoms with Crippen molar-refractivity contribution in [1.29, 1.82) is 0 Å². The fraction of sp³-hybridized carbons (Fsp3) is 0.440. The van der Waals surface area contributed by atoms with E-state index in [1.807, 2.05) is 30.3 Å². The second-order valence-electron chi connectivity index (χ2n) is 10.0. The first-order valence-corrected chi connectivity index (χ1v) is 12.5. The number of halogens is 2. The molecule has 0 heterocycles. The zero-order valence-corrected chi connectivity index (χ0v) is 21.9. The van der Waals surface area contributed by atoms with E-state index < -0.39 is 0 Å². The number of nitrogens with zero attached hydrogens (tertiary/aromatic N) is 3. The van der Waals surface area contributed by atoms with Crippen molar-refractivity contribution in [2.45, 2.75) is 33.2 Å². The molecule has 3 aliphatic carbocycles. The first kappa shape index (κ1) is 22.2. The zero-order valence-electron chi connectivity index (χ0n) is 18.2. The maximum absolute atomic E-state index is 4.50. The van der Waals surface area contributed by atoms with Crippen molar-refractivity contribution >= 4 is 49.9 Å². The highest BCUT2D eigenvalue weighted by Crippen LogP contribution is 2.59. The van der Waals surface area contributed by atoms with Gasteiger partial charge in [0.25, 0.3) is 0 Å². The molecular weight excluding hydrogens is 549 g/mol. The summed E-state index contributed by atoms with van der Waals surface area (Å²) in [7, 11) is 4.70. The van der Waals surface area contributed by atoms with Crippen LogP contribution in [0.2, 0.25) is 0 Å². The van der Waals surface area contributed by atoms with Crippen LogP contribution < -0.4 is 0 Å². The summed E-state index contributed by atoms with van der Waals surface area (Å²) in [5.74, 6) is 1.67. The van der Waals surface area contributed by atoms with Gasteiger partial charge in [-0.1, -0.05) is 32.1 Å². The van der Waals surface area contributed by atoms with E-state index in [4.69, 9.17) is 0 Å². The van der Waals surface area contributed by atoms with Gasteiger partial charge in [-0.3, -0.25) is 0 Å². The van der Waals surface area contributed by atoms with Gasteiger partial charge in [-0.15, -0.1) is 5.11 Å². The lowest BCUT2D eigenvalue weighted by Gasteiger charge is -2.57. The van der Waals surface area contributed by atoms with Crippen molar-refractivity contribution < 1.29 is 4.48 Å². The van der Waals surface area contributed by atoms with Crippen LogP contribution in [-0.4, -0.2) is 25.1 Å². The average Bonchev–Trinajstić information content (AvgIpc) is 2.69. The highest BCUT2D eigenvalue weighted by atomic mass is 127. The lowest BCUT2D eigenvalue weighted by molar-refractivity contribution is -0.899. The number of azo groups is 1. The van der Waals surface area contributed by atoms with Crippen molar-refractivity contribution in [2.75, 3.05) is 20.6 Å². The van der Waals surface area contributed by atoms with E-state index in [9.17, 15) is 0 Å². The Morgan fingerprint density at radius 1 is 1.10 bits per heavy atom. The molecule has 0 amide bonds. The minimum atomic E-state index is 0.491. The molecule has 3 aliphatic rings. The van der Waals surface area contributed by atoms with Gasteiger partial charge in [-0.25, -0.2) is 0 Å². The van der Waals surface area contributed by atoms with Crippen LogP contribution >= 0.6 is 38.5 Å². The lowest BCUT2D eigenvalue weighted by atomic mass is 9.49. The summed E-state index contributed by atoms with van der Waals surface area (Å²) in [6.07, 6.45) is 5.19. The Balaban J connectivity index is 1.49. The SMILES string of the molecule is CC1(C)C2CC=C(C[N+](C)(C)Cc3cc(N=Nc4ccccc4Br)ccc3I)C1C2. The van der Waals surface area contributed by atoms with Gasteiger partial charge in [-0.2, -0.15) is 5.11 Å². The van der Waals surface area contributed by atoms with Crippen LogP contribution in [0.3, 0.4) is 0 Å². The second kappa shape index (κ2) is 8.47. The number of rotatable bonds is 6. The standard InChI is InChI=1S/C25H30BrIN3/c1-25(2)19-10-9-17(21(25)14-19)15-30(3,4)16-18-13-20(11-12-23(18)27)28-29-24-8-6-5-7-22(24)26/h5-9,11-13,19,21H,10,14-16H2,1-4H3/q+1. The van der Waals surface area contributed by atoms with E-state index in [0.717, 1.165) is 45.3 Å². The average molecular weight is 579 g/mol. The van der Waals surface area contributed by atoms with E-state index in [1.54, 1.807) is 5.57 Å². The van der Waals surface area contributed by atoms with Crippen molar-refractivity contribution in [3.8, 4) is 0 Å². The number of hydrogen-bond acceptors (Lipinski definition) is 2. The summed E-state index contributed by atoms with van der Waals surface area (Å²) in [5, 5.41) is 8.93. The Labute approximate surface area is 202 Å². The molecule has 1 fully saturated rings. The van der Waals surface area contributed by atoms with Gasteiger partial charge in [0.05, 0.1) is 25.5 Å². The van der Waals surface area contributed by atoms with E-state index in [1.165, 1.54) is 22.0 Å². The Kier molecular flexibility index (Phi) is 6.26.